The molecule has 156 valence electrons. The molecular formula is C20H22FNO6S. The molecule has 0 aliphatic carbocycles. The molecule has 0 aromatic heterocycles. The fraction of sp³-hybridized carbons (Fsp3) is 0.400. The summed E-state index contributed by atoms with van der Waals surface area (Å²) in [6, 6.07) is 4.03. The molecule has 3 rings (SSSR count). The molecule has 0 fully saturated rings. The molecule has 9 heteroatoms. The predicted molar refractivity (Wildman–Crippen MR) is 105 cm³/mol. The smallest absolute Gasteiger partial charge is 0.336 e. The number of phenols is 1. The summed E-state index contributed by atoms with van der Waals surface area (Å²) < 4.78 is 30.4. The topological polar surface area (TPSA) is 94.1 Å². The number of hydrogen-bond donors (Lipinski definition) is 2. The van der Waals surface area contributed by atoms with Crippen LogP contribution < -0.4 is 5.32 Å². The summed E-state index contributed by atoms with van der Waals surface area (Å²) in [5.41, 5.74) is 1.43. The van der Waals surface area contributed by atoms with Crippen molar-refractivity contribution in [2.24, 2.45) is 0 Å². The van der Waals surface area contributed by atoms with Crippen molar-refractivity contribution in [2.75, 3.05) is 32.2 Å². The zero-order valence-electron chi connectivity index (χ0n) is 16.1. The minimum atomic E-state index is -0.833. The van der Waals surface area contributed by atoms with Gasteiger partial charge in [-0.3, -0.25) is 4.79 Å². The highest BCUT2D eigenvalue weighted by Gasteiger charge is 2.38. The van der Waals surface area contributed by atoms with Crippen molar-refractivity contribution in [3.8, 4) is 5.75 Å². The van der Waals surface area contributed by atoms with Crippen LogP contribution in [-0.2, 0) is 23.8 Å². The van der Waals surface area contributed by atoms with Gasteiger partial charge in [0.05, 0.1) is 30.4 Å². The van der Waals surface area contributed by atoms with Crippen molar-refractivity contribution in [1.29, 1.82) is 0 Å². The van der Waals surface area contributed by atoms with Crippen molar-refractivity contribution in [3.63, 3.8) is 0 Å². The zero-order chi connectivity index (χ0) is 21.0. The molecular weight excluding hydrogens is 401 g/mol. The van der Waals surface area contributed by atoms with Gasteiger partial charge in [-0.05, 0) is 19.1 Å². The van der Waals surface area contributed by atoms with Gasteiger partial charge in [-0.2, -0.15) is 0 Å². The van der Waals surface area contributed by atoms with Crippen molar-refractivity contribution in [3.05, 3.63) is 51.5 Å². The van der Waals surface area contributed by atoms with Crippen LogP contribution >= 0.6 is 11.8 Å². The van der Waals surface area contributed by atoms with Crippen LogP contribution in [0, 0.1) is 5.82 Å². The minimum absolute atomic E-state index is 0.0159. The van der Waals surface area contributed by atoms with E-state index in [-0.39, 0.29) is 30.1 Å². The average Bonchev–Trinajstić information content (AvgIpc) is 2.89. The lowest BCUT2D eigenvalue weighted by Gasteiger charge is -2.31. The first-order chi connectivity index (χ1) is 13.9. The summed E-state index contributed by atoms with van der Waals surface area (Å²) in [5, 5.41) is 13.6. The summed E-state index contributed by atoms with van der Waals surface area (Å²) >= 11 is 1.45. The maximum Gasteiger partial charge on any atom is 0.336 e. The fourth-order valence-corrected chi connectivity index (χ4v) is 4.40. The number of nitrogens with one attached hydrogen (secondary N) is 1. The van der Waals surface area contributed by atoms with Gasteiger partial charge in [0, 0.05) is 28.8 Å². The molecule has 2 aliphatic heterocycles. The molecule has 29 heavy (non-hydrogen) atoms. The number of allylic oxidation sites excluding steroid dienone is 2. The average molecular weight is 423 g/mol. The van der Waals surface area contributed by atoms with Crippen LogP contribution in [0.4, 0.5) is 4.39 Å². The van der Waals surface area contributed by atoms with Crippen molar-refractivity contribution in [1.82, 2.24) is 5.32 Å². The summed E-state index contributed by atoms with van der Waals surface area (Å²) in [6.07, 6.45) is 0. The third-order valence-corrected chi connectivity index (χ3v) is 5.65. The normalized spacial score (nSPS) is 19.2. The number of hydrogen-bond acceptors (Lipinski definition) is 8. The number of carbonyl (C=O) groups excluding carboxylic acids is 2. The fourth-order valence-electron chi connectivity index (χ4n) is 3.29. The van der Waals surface area contributed by atoms with E-state index in [1.807, 2.05) is 0 Å². The number of carbonyl (C=O) groups is 2. The number of dihydropyridines is 1. The third kappa shape index (κ3) is 4.73. The molecule has 0 radical (unpaired) electrons. The number of phenolic OH excluding ortho intramolecular Hbond substituents is 1. The monoisotopic (exact) mass is 423 g/mol. The Morgan fingerprint density at radius 3 is 2.83 bits per heavy atom. The Kier molecular flexibility index (Phi) is 6.81. The molecule has 0 amide bonds. The first-order valence-corrected chi connectivity index (χ1v) is 10.1. The number of ether oxygens (including phenoxy) is 3. The number of thioether (sulfide) groups is 1. The van der Waals surface area contributed by atoms with Crippen molar-refractivity contribution < 1.29 is 33.3 Å². The summed E-state index contributed by atoms with van der Waals surface area (Å²) in [7, 11) is 0. The molecule has 1 atom stereocenters. The van der Waals surface area contributed by atoms with Gasteiger partial charge in [-0.25, -0.2) is 9.18 Å². The molecule has 0 saturated heterocycles. The quantitative estimate of drug-likeness (QED) is 0.551. The highest BCUT2D eigenvalue weighted by molar-refractivity contribution is 8.03. The molecule has 0 spiro atoms. The van der Waals surface area contributed by atoms with E-state index in [1.165, 1.54) is 36.9 Å². The Morgan fingerprint density at radius 2 is 2.10 bits per heavy atom. The van der Waals surface area contributed by atoms with Gasteiger partial charge < -0.3 is 24.6 Å². The lowest BCUT2D eigenvalue weighted by Crippen LogP contribution is -2.31. The Bertz CT molecular complexity index is 861. The van der Waals surface area contributed by atoms with Crippen LogP contribution in [0.15, 0.2) is 40.1 Å². The summed E-state index contributed by atoms with van der Waals surface area (Å²) in [5.74, 6) is -2.22. The Morgan fingerprint density at radius 1 is 1.34 bits per heavy atom. The highest BCUT2D eigenvalue weighted by atomic mass is 32.2. The van der Waals surface area contributed by atoms with Gasteiger partial charge in [0.15, 0.2) is 0 Å². The summed E-state index contributed by atoms with van der Waals surface area (Å²) in [6.45, 7) is 3.54. The van der Waals surface area contributed by atoms with E-state index in [0.29, 0.717) is 29.6 Å². The molecule has 7 nitrogen and oxygen atoms in total. The van der Waals surface area contributed by atoms with E-state index in [2.05, 4.69) is 5.32 Å². The minimum Gasteiger partial charge on any atom is -0.508 e. The van der Waals surface area contributed by atoms with E-state index in [1.54, 1.807) is 6.92 Å². The first-order valence-electron chi connectivity index (χ1n) is 9.09. The number of rotatable bonds is 5. The van der Waals surface area contributed by atoms with E-state index in [9.17, 15) is 19.1 Å². The van der Waals surface area contributed by atoms with Crippen LogP contribution in [0.25, 0.3) is 0 Å². The number of aromatic hydroxyl groups is 1. The number of benzene rings is 1. The Balaban J connectivity index is 1.98. The van der Waals surface area contributed by atoms with Gasteiger partial charge in [0.2, 0.25) is 0 Å². The molecule has 0 saturated carbocycles. The van der Waals surface area contributed by atoms with E-state index >= 15 is 0 Å². The Hall–Kier alpha value is -2.52. The third-order valence-electron chi connectivity index (χ3n) is 4.48. The van der Waals surface area contributed by atoms with Crippen LogP contribution in [-0.4, -0.2) is 49.2 Å². The molecule has 1 aromatic carbocycles. The molecule has 0 bridgehead atoms. The second kappa shape index (κ2) is 9.32. The molecule has 1 unspecified atom stereocenters. The lowest BCUT2D eigenvalue weighted by molar-refractivity contribution is -0.148. The van der Waals surface area contributed by atoms with Crippen molar-refractivity contribution >= 4 is 23.7 Å². The SMILES string of the molecule is CC(=O)OCCOC(=O)C1=C(C)NC2=C(SCCOC2)C1c1c(O)cccc1F. The van der Waals surface area contributed by atoms with Gasteiger partial charge in [0.1, 0.15) is 24.8 Å². The molecule has 2 aliphatic rings. The van der Waals surface area contributed by atoms with Crippen LogP contribution in [0.2, 0.25) is 0 Å². The van der Waals surface area contributed by atoms with Crippen LogP contribution in [0.3, 0.4) is 0 Å². The highest BCUT2D eigenvalue weighted by Crippen LogP contribution is 2.47. The number of esters is 2. The second-order valence-corrected chi connectivity index (χ2v) is 7.63. The van der Waals surface area contributed by atoms with E-state index < -0.39 is 23.7 Å². The van der Waals surface area contributed by atoms with Crippen LogP contribution in [0.1, 0.15) is 25.3 Å². The maximum absolute atomic E-state index is 14.8. The van der Waals surface area contributed by atoms with E-state index in [0.717, 1.165) is 5.70 Å². The van der Waals surface area contributed by atoms with E-state index in [4.69, 9.17) is 14.2 Å². The largest absolute Gasteiger partial charge is 0.508 e. The molecule has 1 aromatic rings. The molecule has 2 heterocycles. The first kappa shape index (κ1) is 21.2. The summed E-state index contributed by atoms with van der Waals surface area (Å²) in [4.78, 5) is 24.5. The Labute approximate surface area is 171 Å². The second-order valence-electron chi connectivity index (χ2n) is 6.49. The van der Waals surface area contributed by atoms with Gasteiger partial charge in [-0.15, -0.1) is 11.8 Å². The van der Waals surface area contributed by atoms with Crippen molar-refractivity contribution in [2.45, 2.75) is 19.8 Å². The lowest BCUT2D eigenvalue weighted by atomic mass is 9.85. The number of halogens is 1. The molecule has 2 N–H and O–H groups in total. The van der Waals surface area contributed by atoms with Gasteiger partial charge in [-0.1, -0.05) is 6.07 Å². The zero-order valence-corrected chi connectivity index (χ0v) is 16.9. The van der Waals surface area contributed by atoms with Gasteiger partial charge >= 0.3 is 11.9 Å². The van der Waals surface area contributed by atoms with Gasteiger partial charge in [0.25, 0.3) is 0 Å². The standard InChI is InChI=1S/C20H22FNO6S/c1-11-16(20(25)28-7-6-27-12(2)23)18(17-13(21)4-3-5-15(17)24)19-14(22-11)10-26-8-9-29-19/h3-5,18,22,24H,6-10H2,1-2H3. The van der Waals surface area contributed by atoms with Crippen LogP contribution in [0.5, 0.6) is 5.75 Å². The predicted octanol–water partition coefficient (Wildman–Crippen LogP) is 2.57. The maximum atomic E-state index is 14.8.